The third kappa shape index (κ3) is 2.66. The number of thioether (sulfide) groups is 1. The van der Waals surface area contributed by atoms with Crippen LogP contribution in [0.1, 0.15) is 12.5 Å². The average Bonchev–Trinajstić information content (AvgIpc) is 2.65. The summed E-state index contributed by atoms with van der Waals surface area (Å²) in [5.74, 6) is 0. The van der Waals surface area contributed by atoms with E-state index in [9.17, 15) is 0 Å². The van der Waals surface area contributed by atoms with Gasteiger partial charge >= 0.3 is 0 Å². The summed E-state index contributed by atoms with van der Waals surface area (Å²) in [5, 5.41) is 3.42. The molecule has 1 atom stereocenters. The number of allylic oxidation sites excluding steroid dienone is 1. The van der Waals surface area contributed by atoms with Crippen LogP contribution in [0.25, 0.3) is 18.2 Å². The van der Waals surface area contributed by atoms with Crippen LogP contribution in [0.2, 0.25) is 0 Å². The molecule has 1 aliphatic heterocycles. The van der Waals surface area contributed by atoms with E-state index in [0.717, 1.165) is 0 Å². The fourth-order valence-electron chi connectivity index (χ4n) is 1.93. The van der Waals surface area contributed by atoms with Crippen LogP contribution >= 0.6 is 11.8 Å². The summed E-state index contributed by atoms with van der Waals surface area (Å²) in [4.78, 5) is 1.47. The summed E-state index contributed by atoms with van der Waals surface area (Å²) in [6.07, 6.45) is 8.87. The van der Waals surface area contributed by atoms with Gasteiger partial charge in [0.1, 0.15) is 0 Å². The largest absolute Gasteiger partial charge is 1.00 e. The molecule has 1 heterocycles. The predicted octanol–water partition coefficient (Wildman–Crippen LogP) is -4.23. The number of rotatable bonds is 0. The standard InChI is InChI=1S/C12H10S.2ClH.Hf/c1-8-7-10-6-5-9-3-2-4-11(9)12(10)13-8;;;/h2-8H,1H3;2*1H;/p-2. The van der Waals surface area contributed by atoms with E-state index in [4.69, 9.17) is 0 Å². The molecule has 84 valence electrons. The van der Waals surface area contributed by atoms with Gasteiger partial charge in [0.15, 0.2) is 0 Å². The molecule has 4 heteroatoms. The molecule has 1 aromatic rings. The molecule has 3 rings (SSSR count). The van der Waals surface area contributed by atoms with Crippen LogP contribution in [0.3, 0.4) is 0 Å². The second kappa shape index (κ2) is 6.44. The molecular weight excluding hydrogens is 426 g/mol. The zero-order valence-corrected chi connectivity index (χ0v) is 14.6. The number of hydrogen-bond donors (Lipinski definition) is 0. The third-order valence-corrected chi connectivity index (χ3v) is 3.72. The summed E-state index contributed by atoms with van der Waals surface area (Å²) in [5.41, 5.74) is 1.42. The molecule has 0 N–H and O–H groups in total. The Morgan fingerprint density at radius 2 is 1.81 bits per heavy atom. The molecule has 0 spiro atoms. The summed E-state index contributed by atoms with van der Waals surface area (Å²) >= 11 is 1.97. The first-order chi connectivity index (χ1) is 6.34. The maximum Gasteiger partial charge on any atom is 0.0255 e. The number of halogens is 2. The van der Waals surface area contributed by atoms with Gasteiger partial charge in [-0.25, -0.2) is 0 Å². The van der Waals surface area contributed by atoms with Crippen molar-refractivity contribution in [3.8, 4) is 0 Å². The monoisotopic (exact) mass is 436 g/mol. The van der Waals surface area contributed by atoms with Crippen LogP contribution in [-0.4, -0.2) is 5.25 Å². The molecular formula is C12H10Cl2HfS-2. The van der Waals surface area contributed by atoms with E-state index in [1.54, 1.807) is 0 Å². The van der Waals surface area contributed by atoms with Crippen molar-refractivity contribution in [2.45, 2.75) is 17.1 Å². The molecule has 2 aliphatic rings. The van der Waals surface area contributed by atoms with Gasteiger partial charge in [-0.1, -0.05) is 36.4 Å². The molecule has 0 bridgehead atoms. The Hall–Kier alpha value is 0.500. The van der Waals surface area contributed by atoms with Crippen molar-refractivity contribution in [1.29, 1.82) is 0 Å². The van der Waals surface area contributed by atoms with E-state index in [0.29, 0.717) is 5.25 Å². The molecule has 0 fully saturated rings. The topological polar surface area (TPSA) is 0 Å². The smallest absolute Gasteiger partial charge is 0.0255 e. The molecule has 0 saturated carbocycles. The molecule has 0 aromatic heterocycles. The molecule has 1 unspecified atom stereocenters. The maximum absolute atomic E-state index is 2.34. The Balaban J connectivity index is 0.000000750. The van der Waals surface area contributed by atoms with Crippen LogP contribution in [0.4, 0.5) is 0 Å². The summed E-state index contributed by atoms with van der Waals surface area (Å²) in [6, 6.07) is 4.44. The van der Waals surface area contributed by atoms with Gasteiger partial charge in [0.05, 0.1) is 0 Å². The molecule has 0 amide bonds. The summed E-state index contributed by atoms with van der Waals surface area (Å²) < 4.78 is 0. The van der Waals surface area contributed by atoms with Gasteiger partial charge in [-0.3, -0.25) is 0 Å². The minimum Gasteiger partial charge on any atom is -1.00 e. The molecule has 0 nitrogen and oxygen atoms in total. The second-order valence-electron chi connectivity index (χ2n) is 3.50. The number of benzene rings is 1. The number of hydrogen-bond acceptors (Lipinski definition) is 1. The Morgan fingerprint density at radius 1 is 1.12 bits per heavy atom. The number of fused-ring (bicyclic) bond motifs is 3. The summed E-state index contributed by atoms with van der Waals surface area (Å²) in [7, 11) is 0. The molecule has 1 aromatic carbocycles. The first-order valence-electron chi connectivity index (χ1n) is 4.54. The van der Waals surface area contributed by atoms with Gasteiger partial charge in [0.25, 0.3) is 0 Å². The fourth-order valence-corrected chi connectivity index (χ4v) is 3.10. The van der Waals surface area contributed by atoms with Gasteiger partial charge in [-0.2, -0.15) is 0 Å². The normalized spacial score (nSPS) is 17.9. The minimum absolute atomic E-state index is 0. The van der Waals surface area contributed by atoms with Gasteiger partial charge in [-0.05, 0) is 22.9 Å². The molecule has 0 saturated heterocycles. The van der Waals surface area contributed by atoms with Crippen molar-refractivity contribution >= 4 is 30.0 Å². The van der Waals surface area contributed by atoms with E-state index >= 15 is 0 Å². The van der Waals surface area contributed by atoms with Crippen molar-refractivity contribution in [2.75, 3.05) is 0 Å². The molecule has 1 aliphatic carbocycles. The van der Waals surface area contributed by atoms with E-state index in [1.807, 2.05) is 11.8 Å². The Bertz CT molecular complexity index is 523. The van der Waals surface area contributed by atoms with Gasteiger partial charge in [0.2, 0.25) is 0 Å². The first kappa shape index (κ1) is 16.5. The van der Waals surface area contributed by atoms with Crippen molar-refractivity contribution in [1.82, 2.24) is 0 Å². The minimum atomic E-state index is 0. The Labute approximate surface area is 131 Å². The van der Waals surface area contributed by atoms with Crippen molar-refractivity contribution in [2.24, 2.45) is 0 Å². The van der Waals surface area contributed by atoms with Crippen LogP contribution in [0, 0.1) is 0 Å². The second-order valence-corrected chi connectivity index (χ2v) is 4.89. The van der Waals surface area contributed by atoms with E-state index in [1.165, 1.54) is 20.9 Å². The van der Waals surface area contributed by atoms with Gasteiger partial charge < -0.3 is 24.8 Å². The quantitative estimate of drug-likeness (QED) is 0.372. The Kier molecular flexibility index (Phi) is 6.64. The Morgan fingerprint density at radius 3 is 2.56 bits per heavy atom. The van der Waals surface area contributed by atoms with Crippen molar-refractivity contribution < 1.29 is 50.7 Å². The molecule has 0 radical (unpaired) electrons. The van der Waals surface area contributed by atoms with Crippen LogP contribution in [-0.2, 0) is 25.8 Å². The van der Waals surface area contributed by atoms with Crippen LogP contribution < -0.4 is 35.3 Å². The van der Waals surface area contributed by atoms with Crippen LogP contribution in [0.5, 0.6) is 0 Å². The summed E-state index contributed by atoms with van der Waals surface area (Å²) in [6.45, 7) is 2.25. The fraction of sp³-hybridized carbons (Fsp3) is 0.167. The maximum atomic E-state index is 2.34. The van der Waals surface area contributed by atoms with E-state index in [2.05, 4.69) is 43.4 Å². The third-order valence-electron chi connectivity index (χ3n) is 2.52. The van der Waals surface area contributed by atoms with Crippen LogP contribution in [0.15, 0.2) is 23.1 Å². The predicted molar refractivity (Wildman–Crippen MR) is 59.0 cm³/mol. The van der Waals surface area contributed by atoms with Crippen molar-refractivity contribution in [3.05, 3.63) is 34.2 Å². The SMILES string of the molecule is CC1C=c2ccc3c(c2S1)C=CC=3.[Cl-].[Cl-].[Hf]. The zero-order valence-electron chi connectivity index (χ0n) is 8.71. The van der Waals surface area contributed by atoms with E-state index in [-0.39, 0.29) is 50.7 Å². The van der Waals surface area contributed by atoms with E-state index < -0.39 is 0 Å². The first-order valence-corrected chi connectivity index (χ1v) is 5.42. The zero-order chi connectivity index (χ0) is 8.84. The van der Waals surface area contributed by atoms with Gasteiger partial charge in [-0.15, -0.1) is 11.8 Å². The van der Waals surface area contributed by atoms with Crippen molar-refractivity contribution in [3.63, 3.8) is 0 Å². The average molecular weight is 436 g/mol. The molecule has 16 heavy (non-hydrogen) atoms. The van der Waals surface area contributed by atoms with Gasteiger partial charge in [0, 0.05) is 36.0 Å².